The number of hydrogen-bond donors (Lipinski definition) is 4. The standard InChI is InChI=1S/C37H56N6O6/c1-8-15-25(31(45)33(47)38-19-9-2)39-32(46)30-28-24(37(28,6)7)21-43(30)34(48)29(23-16-11-10-12-17-23)41-35(49)40-26(36(3,4)5)22-42-20-14-13-18-27(42)44/h1,9,23-26,28-30H,2,10-22H2,3-7H3,(H,38,47)(H,39,46)(H2,40,41,49)/t24-,25?,26+,28-,29-,30-/m0/s1. The fraction of sp³-hybridized carbons (Fsp3) is 0.730. The second kappa shape index (κ2) is 15.8. The first-order chi connectivity index (χ1) is 23.1. The maximum Gasteiger partial charge on any atom is 0.315 e. The van der Waals surface area contributed by atoms with E-state index in [0.717, 1.165) is 44.9 Å². The zero-order valence-electron chi connectivity index (χ0n) is 29.9. The molecule has 2 heterocycles. The van der Waals surface area contributed by atoms with Gasteiger partial charge in [0.1, 0.15) is 18.1 Å². The third-order valence-electron chi connectivity index (χ3n) is 11.2. The molecule has 2 aliphatic carbocycles. The molecule has 4 aliphatic rings. The molecule has 2 saturated heterocycles. The Morgan fingerprint density at radius 1 is 1.04 bits per heavy atom. The normalized spacial score (nSPS) is 25.1. The molecule has 0 spiro atoms. The van der Waals surface area contributed by atoms with Crippen molar-refractivity contribution < 1.29 is 28.8 Å². The van der Waals surface area contributed by atoms with Gasteiger partial charge in [0.25, 0.3) is 5.91 Å². The Morgan fingerprint density at radius 2 is 1.73 bits per heavy atom. The number of Topliss-reactive ketones (excluding diaryl/α,β-unsaturated/α-hetero) is 1. The molecule has 2 saturated carbocycles. The number of nitrogens with one attached hydrogen (secondary N) is 4. The lowest BCUT2D eigenvalue weighted by molar-refractivity contribution is -0.144. The van der Waals surface area contributed by atoms with Crippen LogP contribution in [0.15, 0.2) is 12.7 Å². The predicted octanol–water partition coefficient (Wildman–Crippen LogP) is 2.52. The summed E-state index contributed by atoms with van der Waals surface area (Å²) in [6, 6.07) is -3.84. The van der Waals surface area contributed by atoms with Crippen LogP contribution < -0.4 is 21.3 Å². The van der Waals surface area contributed by atoms with E-state index in [2.05, 4.69) is 47.6 Å². The zero-order chi connectivity index (χ0) is 36.1. The highest BCUT2D eigenvalue weighted by Gasteiger charge is 2.69. The number of nitrogens with zero attached hydrogens (tertiary/aromatic N) is 2. The van der Waals surface area contributed by atoms with Gasteiger partial charge in [-0.05, 0) is 54.3 Å². The summed E-state index contributed by atoms with van der Waals surface area (Å²) >= 11 is 0. The van der Waals surface area contributed by atoms with Crippen molar-refractivity contribution in [2.45, 2.75) is 117 Å². The topological polar surface area (TPSA) is 157 Å². The van der Waals surface area contributed by atoms with Gasteiger partial charge < -0.3 is 31.1 Å². The number of urea groups is 1. The van der Waals surface area contributed by atoms with E-state index >= 15 is 0 Å². The molecule has 0 aromatic rings. The Kier molecular flexibility index (Phi) is 12.2. The van der Waals surface area contributed by atoms with Gasteiger partial charge in [0.2, 0.25) is 23.5 Å². The van der Waals surface area contributed by atoms with E-state index < -0.39 is 41.8 Å². The van der Waals surface area contributed by atoms with Crippen LogP contribution in [0.5, 0.6) is 0 Å². The Hall–Kier alpha value is -3.88. The Labute approximate surface area is 291 Å². The lowest BCUT2D eigenvalue weighted by Crippen LogP contribution is -2.62. The fourth-order valence-electron chi connectivity index (χ4n) is 7.99. The van der Waals surface area contributed by atoms with Crippen LogP contribution in [0, 0.1) is 40.9 Å². The summed E-state index contributed by atoms with van der Waals surface area (Å²) in [4.78, 5) is 83.7. The Balaban J connectivity index is 1.54. The minimum Gasteiger partial charge on any atom is -0.346 e. The minimum atomic E-state index is -1.25. The van der Waals surface area contributed by atoms with Crippen LogP contribution in [0.2, 0.25) is 0 Å². The van der Waals surface area contributed by atoms with E-state index in [-0.39, 0.29) is 59.4 Å². The predicted molar refractivity (Wildman–Crippen MR) is 186 cm³/mol. The van der Waals surface area contributed by atoms with Crippen LogP contribution in [0.25, 0.3) is 0 Å². The molecule has 270 valence electrons. The van der Waals surface area contributed by atoms with Crippen molar-refractivity contribution in [2.75, 3.05) is 26.2 Å². The highest BCUT2D eigenvalue weighted by Crippen LogP contribution is 2.65. The van der Waals surface area contributed by atoms with Gasteiger partial charge in [-0.3, -0.25) is 24.0 Å². The first-order valence-corrected chi connectivity index (χ1v) is 17.9. The molecule has 0 aromatic heterocycles. The number of piperidine rings is 2. The highest BCUT2D eigenvalue weighted by atomic mass is 16.2. The van der Waals surface area contributed by atoms with E-state index in [4.69, 9.17) is 6.42 Å². The molecule has 4 rings (SSSR count). The number of ketones is 1. The van der Waals surface area contributed by atoms with Crippen molar-refractivity contribution in [2.24, 2.45) is 28.6 Å². The molecule has 12 nitrogen and oxygen atoms in total. The number of hydrogen-bond acceptors (Lipinski definition) is 6. The van der Waals surface area contributed by atoms with E-state index in [1.165, 1.54) is 6.08 Å². The van der Waals surface area contributed by atoms with Crippen molar-refractivity contribution in [1.29, 1.82) is 0 Å². The SMILES string of the molecule is C#CCC(NC(=O)[C@@H]1[C@@H]2[C@H](CN1C(=O)[C@@H](NC(=O)N[C@H](CN1CCCCC1=O)C(C)(C)C)C1CCCCC1)C2(C)C)C(=O)C(=O)NCC=C. The van der Waals surface area contributed by atoms with Crippen LogP contribution in [0.1, 0.15) is 92.4 Å². The molecule has 6 atom stereocenters. The van der Waals surface area contributed by atoms with Gasteiger partial charge in [0.05, 0.1) is 6.04 Å². The number of carbonyl (C=O) groups excluding carboxylic acids is 6. The molecule has 1 unspecified atom stereocenters. The van der Waals surface area contributed by atoms with Crippen LogP contribution in [-0.4, -0.2) is 95.6 Å². The van der Waals surface area contributed by atoms with Crippen LogP contribution in [-0.2, 0) is 24.0 Å². The molecule has 12 heteroatoms. The van der Waals surface area contributed by atoms with Gasteiger partial charge in [-0.1, -0.05) is 60.0 Å². The summed E-state index contributed by atoms with van der Waals surface area (Å²) < 4.78 is 0. The van der Waals surface area contributed by atoms with Crippen molar-refractivity contribution in [3.05, 3.63) is 12.7 Å². The number of terminal acetylenes is 1. The fourth-order valence-corrected chi connectivity index (χ4v) is 7.99. The average Bonchev–Trinajstić information content (AvgIpc) is 3.36. The lowest BCUT2D eigenvalue weighted by Gasteiger charge is -2.39. The highest BCUT2D eigenvalue weighted by molar-refractivity contribution is 6.38. The second-order valence-electron chi connectivity index (χ2n) is 15.9. The number of amides is 6. The molecular weight excluding hydrogens is 624 g/mol. The molecule has 6 amide bonds. The summed E-state index contributed by atoms with van der Waals surface area (Å²) in [6.45, 7) is 15.1. The third kappa shape index (κ3) is 8.84. The molecule has 0 radical (unpaired) electrons. The van der Waals surface area contributed by atoms with Crippen molar-refractivity contribution in [1.82, 2.24) is 31.1 Å². The van der Waals surface area contributed by atoms with Gasteiger partial charge in [0, 0.05) is 39.0 Å². The third-order valence-corrected chi connectivity index (χ3v) is 11.2. The summed E-state index contributed by atoms with van der Waals surface area (Å²) in [7, 11) is 0. The summed E-state index contributed by atoms with van der Waals surface area (Å²) in [6.07, 6.45) is 13.5. The van der Waals surface area contributed by atoms with E-state index in [9.17, 15) is 28.8 Å². The van der Waals surface area contributed by atoms with Gasteiger partial charge in [-0.25, -0.2) is 4.79 Å². The minimum absolute atomic E-state index is 0.0676. The smallest absolute Gasteiger partial charge is 0.315 e. The quantitative estimate of drug-likeness (QED) is 0.133. The maximum absolute atomic E-state index is 14.6. The first kappa shape index (κ1) is 37.9. The molecule has 49 heavy (non-hydrogen) atoms. The molecular formula is C37H56N6O6. The zero-order valence-corrected chi connectivity index (χ0v) is 29.9. The monoisotopic (exact) mass is 680 g/mol. The summed E-state index contributed by atoms with van der Waals surface area (Å²) in [5.74, 6) is -0.350. The van der Waals surface area contributed by atoms with Crippen molar-refractivity contribution in [3.63, 3.8) is 0 Å². The Bertz CT molecular complexity index is 1340. The van der Waals surface area contributed by atoms with Crippen molar-refractivity contribution >= 4 is 35.4 Å². The van der Waals surface area contributed by atoms with Gasteiger partial charge in [-0.2, -0.15) is 0 Å². The molecule has 4 N–H and O–H groups in total. The molecule has 4 fully saturated rings. The van der Waals surface area contributed by atoms with Gasteiger partial charge in [0.15, 0.2) is 0 Å². The van der Waals surface area contributed by atoms with Gasteiger partial charge in [-0.15, -0.1) is 18.9 Å². The number of rotatable bonds is 13. The summed E-state index contributed by atoms with van der Waals surface area (Å²) in [5.41, 5.74) is -0.567. The average molecular weight is 681 g/mol. The number of likely N-dealkylation sites (tertiary alicyclic amines) is 2. The lowest BCUT2D eigenvalue weighted by atomic mass is 9.83. The van der Waals surface area contributed by atoms with E-state index in [0.29, 0.717) is 26.1 Å². The molecule has 0 aromatic carbocycles. The number of carbonyl (C=O) groups is 6. The van der Waals surface area contributed by atoms with Crippen LogP contribution in [0.4, 0.5) is 4.79 Å². The van der Waals surface area contributed by atoms with Crippen LogP contribution in [0.3, 0.4) is 0 Å². The largest absolute Gasteiger partial charge is 0.346 e. The Morgan fingerprint density at radius 3 is 2.35 bits per heavy atom. The second-order valence-corrected chi connectivity index (χ2v) is 15.9. The number of fused-ring (bicyclic) bond motifs is 1. The summed E-state index contributed by atoms with van der Waals surface area (Å²) in [5, 5.41) is 11.2. The van der Waals surface area contributed by atoms with Crippen LogP contribution >= 0.6 is 0 Å². The van der Waals surface area contributed by atoms with E-state index in [1.54, 1.807) is 4.90 Å². The van der Waals surface area contributed by atoms with Gasteiger partial charge >= 0.3 is 6.03 Å². The molecule has 0 bridgehead atoms. The first-order valence-electron chi connectivity index (χ1n) is 17.9. The van der Waals surface area contributed by atoms with Crippen molar-refractivity contribution in [3.8, 4) is 12.3 Å². The molecule has 2 aliphatic heterocycles. The van der Waals surface area contributed by atoms with E-state index in [1.807, 2.05) is 25.7 Å². The maximum atomic E-state index is 14.6.